The van der Waals surface area contributed by atoms with Crippen molar-refractivity contribution in [2.24, 2.45) is 0 Å². The van der Waals surface area contributed by atoms with Crippen molar-refractivity contribution < 1.29 is 38.4 Å². The molecule has 2 aliphatic rings. The van der Waals surface area contributed by atoms with Crippen molar-refractivity contribution >= 4 is 30.7 Å². The average molecular weight is 512 g/mol. The average Bonchev–Trinajstić information content (AvgIpc) is 2.85. The van der Waals surface area contributed by atoms with Gasteiger partial charge in [-0.05, 0) is 31.4 Å². The van der Waals surface area contributed by atoms with E-state index in [9.17, 15) is 33.7 Å². The first-order valence-electron chi connectivity index (χ1n) is 11.8. The molecule has 2 atom stereocenters. The van der Waals surface area contributed by atoms with Crippen molar-refractivity contribution in [3.63, 3.8) is 0 Å². The smallest absolute Gasteiger partial charge is 0.526 e. The van der Waals surface area contributed by atoms with E-state index in [2.05, 4.69) is 10.3 Å². The summed E-state index contributed by atoms with van der Waals surface area (Å²) in [5.41, 5.74) is 1.13. The fourth-order valence-corrected chi connectivity index (χ4v) is 4.52. The molecule has 4 amide bonds. The number of aryl methyl sites for hydroxylation is 1. The monoisotopic (exact) mass is 512 g/mol. The van der Waals surface area contributed by atoms with Gasteiger partial charge in [-0.1, -0.05) is 18.2 Å². The van der Waals surface area contributed by atoms with Crippen molar-refractivity contribution in [2.45, 2.75) is 38.5 Å². The molecule has 37 heavy (non-hydrogen) atoms. The number of para-hydroxylation sites is 1. The third kappa shape index (κ3) is 5.26. The number of likely N-dealkylation sites (N-methyl/N-ethyl adjacent to an activating group) is 1. The molecule has 11 nitrogen and oxygen atoms in total. The van der Waals surface area contributed by atoms with Crippen LogP contribution in [0.5, 0.6) is 11.5 Å². The minimum Gasteiger partial charge on any atom is -0.536 e. The Bertz CT molecular complexity index is 1260. The van der Waals surface area contributed by atoms with E-state index in [1.165, 1.54) is 4.90 Å². The van der Waals surface area contributed by atoms with Gasteiger partial charge in [0.25, 0.3) is 0 Å². The summed E-state index contributed by atoms with van der Waals surface area (Å²) in [6, 6.07) is 3.47. The molecule has 1 fully saturated rings. The number of aromatic nitrogens is 1. The van der Waals surface area contributed by atoms with Gasteiger partial charge in [-0.15, -0.1) is 0 Å². The van der Waals surface area contributed by atoms with Gasteiger partial charge in [-0.25, -0.2) is 9.18 Å². The van der Waals surface area contributed by atoms with Crippen LogP contribution < -0.4 is 9.97 Å². The molecule has 0 radical (unpaired) electrons. The molecule has 1 saturated heterocycles. The summed E-state index contributed by atoms with van der Waals surface area (Å²) in [4.78, 5) is 56.8. The third-order valence-corrected chi connectivity index (χ3v) is 6.53. The summed E-state index contributed by atoms with van der Waals surface area (Å²) in [5.74, 6) is -4.37. The van der Waals surface area contributed by atoms with Crippen LogP contribution in [0.25, 0.3) is 0 Å². The summed E-state index contributed by atoms with van der Waals surface area (Å²) in [6.45, 7) is 3.82. The van der Waals surface area contributed by atoms with E-state index in [1.807, 2.05) is 25.1 Å². The van der Waals surface area contributed by atoms with Crippen LogP contribution in [0.3, 0.4) is 0 Å². The number of imide groups is 1. The van der Waals surface area contributed by atoms with E-state index < -0.39 is 59.9 Å². The first-order valence-corrected chi connectivity index (χ1v) is 11.8. The number of piperazine rings is 1. The first-order chi connectivity index (χ1) is 17.6. The van der Waals surface area contributed by atoms with Crippen LogP contribution >= 0.6 is 0 Å². The lowest BCUT2D eigenvalue weighted by atomic mass is 9.64. The number of pyridine rings is 1. The number of aromatic hydroxyl groups is 1. The van der Waals surface area contributed by atoms with Gasteiger partial charge in [0, 0.05) is 37.9 Å². The Morgan fingerprint density at radius 3 is 2.76 bits per heavy atom. The molecule has 1 aromatic heterocycles. The van der Waals surface area contributed by atoms with Crippen LogP contribution in [0.1, 0.15) is 36.2 Å². The van der Waals surface area contributed by atoms with E-state index in [-0.39, 0.29) is 26.1 Å². The number of urea groups is 1. The molecule has 194 valence electrons. The zero-order valence-corrected chi connectivity index (χ0v) is 20.3. The molecule has 4 rings (SSSR count). The molecule has 0 saturated carbocycles. The van der Waals surface area contributed by atoms with Gasteiger partial charge in [0.1, 0.15) is 23.2 Å². The van der Waals surface area contributed by atoms with Crippen LogP contribution in [0.15, 0.2) is 30.5 Å². The number of nitrogens with one attached hydrogen (secondary N) is 1. The number of fused-ring (bicyclic) bond motifs is 1. The number of carbonyl (C=O) groups is 4. The van der Waals surface area contributed by atoms with Crippen LogP contribution in [0, 0.1) is 12.7 Å². The van der Waals surface area contributed by atoms with Gasteiger partial charge in [0.05, 0.1) is 6.20 Å². The second-order valence-corrected chi connectivity index (χ2v) is 8.99. The van der Waals surface area contributed by atoms with Crippen LogP contribution in [0.2, 0.25) is 5.82 Å². The maximum atomic E-state index is 14.7. The minimum absolute atomic E-state index is 0.109. The SMILES string of the molecule is CCN1CCN(C(=O)N[C@H](C(=O)C[C@H]2Cc3cccc(C)c3OB2O)c2ncc(O)cc2F)C(=O)C1=O. The molecule has 0 aliphatic carbocycles. The Balaban J connectivity index is 1.57. The number of amides is 4. The lowest BCUT2D eigenvalue weighted by Crippen LogP contribution is -2.58. The van der Waals surface area contributed by atoms with Crippen molar-refractivity contribution in [2.75, 3.05) is 19.6 Å². The van der Waals surface area contributed by atoms with Crippen LogP contribution in [0.4, 0.5) is 9.18 Å². The molecule has 2 aromatic rings. The van der Waals surface area contributed by atoms with E-state index in [0.717, 1.165) is 23.4 Å². The lowest BCUT2D eigenvalue weighted by molar-refractivity contribution is -0.153. The normalized spacial score (nSPS) is 18.3. The molecule has 0 bridgehead atoms. The van der Waals surface area contributed by atoms with Crippen molar-refractivity contribution in [3.8, 4) is 11.5 Å². The Labute approximate surface area is 212 Å². The minimum atomic E-state index is -1.66. The van der Waals surface area contributed by atoms with E-state index in [0.29, 0.717) is 17.1 Å². The highest BCUT2D eigenvalue weighted by Gasteiger charge is 2.41. The van der Waals surface area contributed by atoms with Gasteiger partial charge in [0.2, 0.25) is 0 Å². The summed E-state index contributed by atoms with van der Waals surface area (Å²) in [6.07, 6.45) is 0.886. The highest BCUT2D eigenvalue weighted by atomic mass is 19.1. The molecule has 0 unspecified atom stereocenters. The maximum Gasteiger partial charge on any atom is 0.526 e. The number of nitrogens with zero attached hydrogens (tertiary/aromatic N) is 3. The van der Waals surface area contributed by atoms with E-state index in [1.54, 1.807) is 6.92 Å². The Morgan fingerprint density at radius 1 is 1.30 bits per heavy atom. The van der Waals surface area contributed by atoms with Crippen molar-refractivity contribution in [1.29, 1.82) is 0 Å². The zero-order valence-electron chi connectivity index (χ0n) is 20.3. The largest absolute Gasteiger partial charge is 0.536 e. The summed E-state index contributed by atoms with van der Waals surface area (Å²) < 4.78 is 20.4. The fourth-order valence-electron chi connectivity index (χ4n) is 4.52. The van der Waals surface area contributed by atoms with Gasteiger partial charge in [0.15, 0.2) is 11.6 Å². The Morgan fingerprint density at radius 2 is 2.05 bits per heavy atom. The first kappa shape index (κ1) is 26.1. The number of benzene rings is 1. The summed E-state index contributed by atoms with van der Waals surface area (Å²) in [5, 5.41) is 22.4. The zero-order chi connectivity index (χ0) is 26.9. The highest BCUT2D eigenvalue weighted by molar-refractivity contribution is 6.46. The van der Waals surface area contributed by atoms with E-state index >= 15 is 0 Å². The van der Waals surface area contributed by atoms with E-state index in [4.69, 9.17) is 4.65 Å². The predicted molar refractivity (Wildman–Crippen MR) is 128 cm³/mol. The van der Waals surface area contributed by atoms with Crippen molar-refractivity contribution in [1.82, 2.24) is 20.1 Å². The standard InChI is InChI=1S/C24H26BFN4O7/c1-3-29-7-8-30(23(34)22(29)33)24(35)28-20(19-17(26)11-16(31)12-27-19)18(32)10-15-9-14-6-4-5-13(2)21(14)37-25(15)36/h4-6,11-12,15,20,31,36H,3,7-10H2,1-2H3,(H,28,35)/t15-,20-/m1/s1. The molecular formula is C24H26BFN4O7. The molecule has 3 heterocycles. The number of hydrogen-bond acceptors (Lipinski definition) is 8. The second-order valence-electron chi connectivity index (χ2n) is 8.99. The number of hydrogen-bond donors (Lipinski definition) is 3. The van der Waals surface area contributed by atoms with Gasteiger partial charge >= 0.3 is 25.0 Å². The van der Waals surface area contributed by atoms with Gasteiger partial charge in [-0.2, -0.15) is 0 Å². The fraction of sp³-hybridized carbons (Fsp3) is 0.375. The maximum absolute atomic E-state index is 14.7. The van der Waals surface area contributed by atoms with Crippen LogP contribution in [-0.4, -0.2) is 75.3 Å². The molecule has 0 spiro atoms. The molecular weight excluding hydrogens is 486 g/mol. The number of carbonyl (C=O) groups excluding carboxylic acids is 4. The lowest BCUT2D eigenvalue weighted by Gasteiger charge is -2.33. The number of rotatable bonds is 6. The van der Waals surface area contributed by atoms with Gasteiger partial charge in [-0.3, -0.25) is 24.3 Å². The molecule has 2 aliphatic heterocycles. The number of Topliss-reactive ketones (excluding diaryl/α,β-unsaturated/α-hetero) is 1. The highest BCUT2D eigenvalue weighted by Crippen LogP contribution is 2.37. The molecule has 1 aromatic carbocycles. The van der Waals surface area contributed by atoms with Crippen LogP contribution in [-0.2, 0) is 20.8 Å². The second kappa shape index (κ2) is 10.5. The van der Waals surface area contributed by atoms with Crippen molar-refractivity contribution in [3.05, 3.63) is 53.1 Å². The quantitative estimate of drug-likeness (QED) is 0.385. The topological polar surface area (TPSA) is 149 Å². The summed E-state index contributed by atoms with van der Waals surface area (Å²) in [7, 11) is -1.33. The third-order valence-electron chi connectivity index (χ3n) is 6.53. The molecule has 13 heteroatoms. The Hall–Kier alpha value is -4.00. The predicted octanol–water partition coefficient (Wildman–Crippen LogP) is 1.12. The van der Waals surface area contributed by atoms with Gasteiger partial charge < -0.3 is 25.0 Å². The summed E-state index contributed by atoms with van der Waals surface area (Å²) >= 11 is 0. The molecule has 3 N–H and O–H groups in total. The number of ketones is 1. The Kier molecular flexibility index (Phi) is 7.44. The number of halogens is 1.